The van der Waals surface area contributed by atoms with E-state index in [0.29, 0.717) is 5.90 Å². The summed E-state index contributed by atoms with van der Waals surface area (Å²) < 4.78 is 7.26. The van der Waals surface area contributed by atoms with Gasteiger partial charge in [-0.25, -0.2) is 4.99 Å². The van der Waals surface area contributed by atoms with Crippen molar-refractivity contribution in [3.8, 4) is 0 Å². The molecule has 3 aromatic rings. The standard InChI is InChI=1S/C19H13BrN2O/c20-15-6-7-17-16(12-15)18(13-4-2-1-3-5-13)23-19(22-17)14-8-10-21-11-9-14/h1-12,18H. The minimum atomic E-state index is -0.177. The molecule has 4 heteroatoms. The van der Waals surface area contributed by atoms with Crippen molar-refractivity contribution in [3.05, 3.63) is 94.2 Å². The van der Waals surface area contributed by atoms with Crippen molar-refractivity contribution in [1.29, 1.82) is 0 Å². The zero-order chi connectivity index (χ0) is 15.6. The summed E-state index contributed by atoms with van der Waals surface area (Å²) >= 11 is 3.54. The predicted molar refractivity (Wildman–Crippen MR) is 93.9 cm³/mol. The van der Waals surface area contributed by atoms with Gasteiger partial charge < -0.3 is 4.74 Å². The average molecular weight is 365 g/mol. The summed E-state index contributed by atoms with van der Waals surface area (Å²) in [5, 5.41) is 0. The van der Waals surface area contributed by atoms with Gasteiger partial charge in [-0.2, -0.15) is 0 Å². The molecule has 0 N–H and O–H groups in total. The van der Waals surface area contributed by atoms with Crippen molar-refractivity contribution in [2.24, 2.45) is 4.99 Å². The van der Waals surface area contributed by atoms with Gasteiger partial charge in [-0.1, -0.05) is 46.3 Å². The fourth-order valence-electron chi connectivity index (χ4n) is 2.65. The molecule has 1 aliphatic rings. The molecule has 1 aliphatic heterocycles. The number of halogens is 1. The third-order valence-corrected chi connectivity index (χ3v) is 4.25. The first kappa shape index (κ1) is 14.2. The number of rotatable bonds is 2. The predicted octanol–water partition coefficient (Wildman–Crippen LogP) is 5.04. The molecule has 2 aromatic carbocycles. The molecule has 112 valence electrons. The molecular weight excluding hydrogens is 352 g/mol. The minimum absolute atomic E-state index is 0.177. The third kappa shape index (κ3) is 2.78. The summed E-state index contributed by atoms with van der Waals surface area (Å²) in [6.07, 6.45) is 3.32. The van der Waals surface area contributed by atoms with E-state index in [1.165, 1.54) is 0 Å². The first-order valence-electron chi connectivity index (χ1n) is 7.31. The van der Waals surface area contributed by atoms with Crippen LogP contribution in [0.15, 0.2) is 82.5 Å². The van der Waals surface area contributed by atoms with Crippen molar-refractivity contribution in [2.45, 2.75) is 6.10 Å². The second-order valence-corrected chi connectivity index (χ2v) is 6.18. The third-order valence-electron chi connectivity index (χ3n) is 3.75. The number of ether oxygens (including phenoxy) is 1. The zero-order valence-corrected chi connectivity index (χ0v) is 13.8. The Kier molecular flexibility index (Phi) is 3.67. The van der Waals surface area contributed by atoms with Gasteiger partial charge in [0.1, 0.15) is 0 Å². The van der Waals surface area contributed by atoms with E-state index >= 15 is 0 Å². The van der Waals surface area contributed by atoms with Gasteiger partial charge in [-0.05, 0) is 35.9 Å². The molecule has 3 nitrogen and oxygen atoms in total. The fraction of sp³-hybridized carbons (Fsp3) is 0.0526. The molecule has 0 saturated heterocycles. The van der Waals surface area contributed by atoms with E-state index in [-0.39, 0.29) is 6.10 Å². The summed E-state index contributed by atoms with van der Waals surface area (Å²) in [6.45, 7) is 0. The Morgan fingerprint density at radius 2 is 1.70 bits per heavy atom. The van der Waals surface area contributed by atoms with Crippen LogP contribution in [0.3, 0.4) is 0 Å². The van der Waals surface area contributed by atoms with Crippen molar-refractivity contribution in [1.82, 2.24) is 4.98 Å². The normalized spacial score (nSPS) is 16.2. The monoisotopic (exact) mass is 364 g/mol. The number of aromatic nitrogens is 1. The van der Waals surface area contributed by atoms with Gasteiger partial charge in [0.05, 0.1) is 5.69 Å². The molecular formula is C19H13BrN2O. The highest BCUT2D eigenvalue weighted by atomic mass is 79.9. The van der Waals surface area contributed by atoms with Crippen LogP contribution in [-0.4, -0.2) is 10.9 Å². The van der Waals surface area contributed by atoms with Crippen LogP contribution in [0.25, 0.3) is 0 Å². The van der Waals surface area contributed by atoms with Gasteiger partial charge >= 0.3 is 0 Å². The Bertz CT molecular complexity index is 863. The molecule has 4 rings (SSSR count). The van der Waals surface area contributed by atoms with E-state index in [9.17, 15) is 0 Å². The molecule has 1 unspecified atom stereocenters. The van der Waals surface area contributed by atoms with Gasteiger partial charge in [0, 0.05) is 28.0 Å². The lowest BCUT2D eigenvalue weighted by Crippen LogP contribution is -2.18. The molecule has 0 spiro atoms. The van der Waals surface area contributed by atoms with Gasteiger partial charge in [0.25, 0.3) is 0 Å². The Labute approximate surface area is 142 Å². The summed E-state index contributed by atoms with van der Waals surface area (Å²) in [5.41, 5.74) is 4.02. The summed E-state index contributed by atoms with van der Waals surface area (Å²) in [5.74, 6) is 0.621. The lowest BCUT2D eigenvalue weighted by Gasteiger charge is -2.26. The van der Waals surface area contributed by atoms with Crippen LogP contribution in [0.5, 0.6) is 0 Å². The molecule has 0 saturated carbocycles. The highest BCUT2D eigenvalue weighted by molar-refractivity contribution is 9.10. The van der Waals surface area contributed by atoms with Crippen molar-refractivity contribution in [3.63, 3.8) is 0 Å². The average Bonchev–Trinajstić information content (AvgIpc) is 2.62. The fourth-order valence-corrected chi connectivity index (χ4v) is 3.03. The molecule has 2 heterocycles. The smallest absolute Gasteiger partial charge is 0.222 e. The van der Waals surface area contributed by atoms with Crippen LogP contribution < -0.4 is 0 Å². The topological polar surface area (TPSA) is 34.5 Å². The van der Waals surface area contributed by atoms with Crippen LogP contribution in [-0.2, 0) is 4.74 Å². The van der Waals surface area contributed by atoms with E-state index in [1.807, 2.05) is 42.5 Å². The van der Waals surface area contributed by atoms with Crippen LogP contribution in [0.2, 0.25) is 0 Å². The highest BCUT2D eigenvalue weighted by Gasteiger charge is 2.26. The number of hydrogen-bond donors (Lipinski definition) is 0. The number of hydrogen-bond acceptors (Lipinski definition) is 3. The van der Waals surface area contributed by atoms with Crippen molar-refractivity contribution >= 4 is 27.5 Å². The van der Waals surface area contributed by atoms with Crippen LogP contribution in [0, 0.1) is 0 Å². The van der Waals surface area contributed by atoms with Gasteiger partial charge in [-0.15, -0.1) is 0 Å². The molecule has 1 atom stereocenters. The maximum absolute atomic E-state index is 6.24. The van der Waals surface area contributed by atoms with E-state index in [4.69, 9.17) is 4.74 Å². The molecule has 1 aromatic heterocycles. The first-order valence-corrected chi connectivity index (χ1v) is 8.11. The Hall–Kier alpha value is -2.46. The molecule has 23 heavy (non-hydrogen) atoms. The minimum Gasteiger partial charge on any atom is -0.464 e. The Balaban J connectivity index is 1.86. The van der Waals surface area contributed by atoms with Crippen molar-refractivity contribution in [2.75, 3.05) is 0 Å². The van der Waals surface area contributed by atoms with Gasteiger partial charge in [-0.3, -0.25) is 4.98 Å². The van der Waals surface area contributed by atoms with Crippen molar-refractivity contribution < 1.29 is 4.74 Å². The second-order valence-electron chi connectivity index (χ2n) is 5.26. The second kappa shape index (κ2) is 5.97. The van der Waals surface area contributed by atoms with E-state index in [2.05, 4.69) is 44.1 Å². The highest BCUT2D eigenvalue weighted by Crippen LogP contribution is 2.39. The van der Waals surface area contributed by atoms with Crippen LogP contribution in [0.1, 0.15) is 22.8 Å². The molecule has 0 radical (unpaired) electrons. The number of benzene rings is 2. The lowest BCUT2D eigenvalue weighted by atomic mass is 9.98. The molecule has 0 amide bonds. The summed E-state index contributed by atoms with van der Waals surface area (Å²) in [7, 11) is 0. The first-order chi connectivity index (χ1) is 11.3. The maximum atomic E-state index is 6.24. The van der Waals surface area contributed by atoms with E-state index in [0.717, 1.165) is 26.9 Å². The summed E-state index contributed by atoms with van der Waals surface area (Å²) in [4.78, 5) is 8.73. The molecule has 0 bridgehead atoms. The Morgan fingerprint density at radius 1 is 0.913 bits per heavy atom. The van der Waals surface area contributed by atoms with E-state index < -0.39 is 0 Å². The van der Waals surface area contributed by atoms with Gasteiger partial charge in [0.15, 0.2) is 6.10 Å². The van der Waals surface area contributed by atoms with E-state index in [1.54, 1.807) is 12.4 Å². The lowest BCUT2D eigenvalue weighted by molar-refractivity contribution is 0.229. The summed E-state index contributed by atoms with van der Waals surface area (Å²) in [6, 6.07) is 20.1. The zero-order valence-electron chi connectivity index (χ0n) is 12.2. The number of aliphatic imine (C=N–C) groups is 1. The quantitative estimate of drug-likeness (QED) is 0.638. The molecule has 0 fully saturated rings. The number of nitrogens with zero attached hydrogens (tertiary/aromatic N) is 2. The SMILES string of the molecule is Brc1ccc2c(c1)C(c1ccccc1)OC(c1ccncc1)=N2. The largest absolute Gasteiger partial charge is 0.464 e. The number of pyridine rings is 1. The van der Waals surface area contributed by atoms with Crippen LogP contribution in [0.4, 0.5) is 5.69 Å². The number of fused-ring (bicyclic) bond motifs is 1. The van der Waals surface area contributed by atoms with Crippen LogP contribution >= 0.6 is 15.9 Å². The maximum Gasteiger partial charge on any atom is 0.222 e. The Morgan fingerprint density at radius 3 is 2.48 bits per heavy atom. The van der Waals surface area contributed by atoms with Gasteiger partial charge in [0.2, 0.25) is 5.90 Å². The molecule has 0 aliphatic carbocycles.